The lowest BCUT2D eigenvalue weighted by molar-refractivity contribution is -0.142. The van der Waals surface area contributed by atoms with Crippen LogP contribution in [0.15, 0.2) is 71.3 Å². The number of nitrogens with zero attached hydrogens (tertiary/aromatic N) is 2. The van der Waals surface area contributed by atoms with Gasteiger partial charge in [0.05, 0.1) is 34.7 Å². The Morgan fingerprint density at radius 3 is 2.63 bits per heavy atom. The van der Waals surface area contributed by atoms with E-state index in [9.17, 15) is 9.59 Å². The van der Waals surface area contributed by atoms with Crippen molar-refractivity contribution < 1.29 is 19.1 Å². The van der Waals surface area contributed by atoms with Crippen molar-refractivity contribution in [1.82, 2.24) is 15.1 Å². The fraction of sp³-hybridized carbons (Fsp3) is 0.222. The molecule has 180 valence electrons. The SMILES string of the molecule is CCCc1c(C(=O)NCc2ccc3c(Br)c(OCC(=O)OC)ccc3c2)cnn1-c1ccccc1. The van der Waals surface area contributed by atoms with Crippen LogP contribution in [0.1, 0.15) is 35.0 Å². The summed E-state index contributed by atoms with van der Waals surface area (Å²) < 4.78 is 12.7. The fourth-order valence-corrected chi connectivity index (χ4v) is 4.46. The van der Waals surface area contributed by atoms with Crippen molar-refractivity contribution in [3.63, 3.8) is 0 Å². The van der Waals surface area contributed by atoms with Crippen LogP contribution in [0.3, 0.4) is 0 Å². The second-order valence-electron chi connectivity index (χ2n) is 7.98. The summed E-state index contributed by atoms with van der Waals surface area (Å²) in [4.78, 5) is 24.4. The Labute approximate surface area is 212 Å². The van der Waals surface area contributed by atoms with Gasteiger partial charge in [-0.2, -0.15) is 5.10 Å². The highest BCUT2D eigenvalue weighted by Crippen LogP contribution is 2.33. The number of methoxy groups -OCH3 is 1. The molecule has 0 atom stereocenters. The molecular formula is C27H26BrN3O4. The van der Waals surface area contributed by atoms with E-state index in [1.165, 1.54) is 7.11 Å². The lowest BCUT2D eigenvalue weighted by Gasteiger charge is -2.12. The largest absolute Gasteiger partial charge is 0.481 e. The van der Waals surface area contributed by atoms with Crippen molar-refractivity contribution in [3.8, 4) is 11.4 Å². The number of hydrogen-bond acceptors (Lipinski definition) is 5. The van der Waals surface area contributed by atoms with Crippen LogP contribution in [0.2, 0.25) is 0 Å². The van der Waals surface area contributed by atoms with Gasteiger partial charge in [-0.05, 0) is 63.0 Å². The third-order valence-electron chi connectivity index (χ3n) is 5.61. The predicted octanol–water partition coefficient (Wildman–Crippen LogP) is 5.22. The van der Waals surface area contributed by atoms with Gasteiger partial charge in [0.25, 0.3) is 5.91 Å². The molecule has 3 aromatic carbocycles. The number of carbonyl (C=O) groups excluding carboxylic acids is 2. The molecule has 1 amide bonds. The van der Waals surface area contributed by atoms with E-state index in [2.05, 4.69) is 38.0 Å². The number of amides is 1. The molecule has 1 aromatic heterocycles. The quantitative estimate of drug-likeness (QED) is 0.297. The molecule has 4 rings (SSSR count). The van der Waals surface area contributed by atoms with E-state index in [1.54, 1.807) is 12.3 Å². The van der Waals surface area contributed by atoms with Crippen molar-refractivity contribution in [3.05, 3.63) is 88.2 Å². The van der Waals surface area contributed by atoms with Crippen molar-refractivity contribution in [2.45, 2.75) is 26.3 Å². The minimum absolute atomic E-state index is 0.150. The van der Waals surface area contributed by atoms with E-state index < -0.39 is 5.97 Å². The summed E-state index contributed by atoms with van der Waals surface area (Å²) in [6.07, 6.45) is 3.30. The second kappa shape index (κ2) is 11.2. The minimum Gasteiger partial charge on any atom is -0.481 e. The molecule has 1 N–H and O–H groups in total. The van der Waals surface area contributed by atoms with Crippen LogP contribution in [0.25, 0.3) is 16.5 Å². The van der Waals surface area contributed by atoms with Gasteiger partial charge in [0.2, 0.25) is 0 Å². The standard InChI is InChI=1S/C27H26BrN3O4/c1-3-7-23-22(16-30-31(23)20-8-5-4-6-9-20)27(33)29-15-18-10-12-21-19(14-18)11-13-24(26(21)28)35-17-25(32)34-2/h4-6,8-14,16H,3,7,15,17H2,1-2H3,(H,29,33). The van der Waals surface area contributed by atoms with Gasteiger partial charge >= 0.3 is 5.97 Å². The lowest BCUT2D eigenvalue weighted by atomic mass is 10.1. The molecule has 0 aliphatic carbocycles. The van der Waals surface area contributed by atoms with Crippen molar-refractivity contribution in [2.24, 2.45) is 0 Å². The molecular weight excluding hydrogens is 510 g/mol. The second-order valence-corrected chi connectivity index (χ2v) is 8.78. The molecule has 0 saturated heterocycles. The zero-order valence-electron chi connectivity index (χ0n) is 19.6. The number of benzene rings is 3. The highest BCUT2D eigenvalue weighted by atomic mass is 79.9. The van der Waals surface area contributed by atoms with E-state index in [4.69, 9.17) is 4.74 Å². The molecule has 8 heteroatoms. The third-order valence-corrected chi connectivity index (χ3v) is 6.43. The van der Waals surface area contributed by atoms with Crippen LogP contribution in [0.5, 0.6) is 5.75 Å². The van der Waals surface area contributed by atoms with Crippen LogP contribution >= 0.6 is 15.9 Å². The Hall–Kier alpha value is -3.65. The van der Waals surface area contributed by atoms with Crippen molar-refractivity contribution in [2.75, 3.05) is 13.7 Å². The number of aromatic nitrogens is 2. The number of nitrogens with one attached hydrogen (secondary N) is 1. The van der Waals surface area contributed by atoms with E-state index in [0.717, 1.165) is 45.0 Å². The predicted molar refractivity (Wildman–Crippen MR) is 138 cm³/mol. The van der Waals surface area contributed by atoms with E-state index >= 15 is 0 Å². The number of ether oxygens (including phenoxy) is 2. The van der Waals surface area contributed by atoms with Crippen LogP contribution < -0.4 is 10.1 Å². The molecule has 0 aliphatic rings. The molecule has 0 unspecified atom stereocenters. The van der Waals surface area contributed by atoms with Gasteiger partial charge in [0.15, 0.2) is 6.61 Å². The molecule has 0 saturated carbocycles. The van der Waals surface area contributed by atoms with Gasteiger partial charge in [-0.3, -0.25) is 4.79 Å². The maximum Gasteiger partial charge on any atom is 0.343 e. The number of hydrogen-bond donors (Lipinski definition) is 1. The van der Waals surface area contributed by atoms with E-state index in [0.29, 0.717) is 17.9 Å². The first-order chi connectivity index (χ1) is 17.0. The average Bonchev–Trinajstić information content (AvgIpc) is 3.31. The zero-order valence-corrected chi connectivity index (χ0v) is 21.2. The summed E-state index contributed by atoms with van der Waals surface area (Å²) in [6, 6.07) is 19.5. The van der Waals surface area contributed by atoms with Crippen molar-refractivity contribution in [1.29, 1.82) is 0 Å². The molecule has 1 heterocycles. The van der Waals surface area contributed by atoms with Gasteiger partial charge in [-0.25, -0.2) is 9.48 Å². The maximum absolute atomic E-state index is 13.0. The third kappa shape index (κ3) is 5.54. The highest BCUT2D eigenvalue weighted by molar-refractivity contribution is 9.10. The van der Waals surface area contributed by atoms with E-state index in [1.807, 2.05) is 59.3 Å². The summed E-state index contributed by atoms with van der Waals surface area (Å²) in [5.41, 5.74) is 3.39. The normalized spacial score (nSPS) is 10.8. The monoisotopic (exact) mass is 535 g/mol. The van der Waals surface area contributed by atoms with Gasteiger partial charge in [0.1, 0.15) is 5.75 Å². The van der Waals surface area contributed by atoms with Crippen LogP contribution in [0.4, 0.5) is 0 Å². The topological polar surface area (TPSA) is 82.4 Å². The Kier molecular flexibility index (Phi) is 7.82. The number of carbonyl (C=O) groups is 2. The smallest absolute Gasteiger partial charge is 0.343 e. The summed E-state index contributed by atoms with van der Waals surface area (Å²) in [7, 11) is 1.32. The summed E-state index contributed by atoms with van der Waals surface area (Å²) >= 11 is 3.56. The number of rotatable bonds is 9. The van der Waals surface area contributed by atoms with Crippen LogP contribution in [-0.4, -0.2) is 35.4 Å². The maximum atomic E-state index is 13.0. The summed E-state index contributed by atoms with van der Waals surface area (Å²) in [5.74, 6) is -0.0363. The van der Waals surface area contributed by atoms with Crippen LogP contribution in [-0.2, 0) is 22.5 Å². The molecule has 7 nitrogen and oxygen atoms in total. The average molecular weight is 536 g/mol. The van der Waals surface area contributed by atoms with Gasteiger partial charge in [-0.1, -0.05) is 49.7 Å². The summed E-state index contributed by atoms with van der Waals surface area (Å²) in [6.45, 7) is 2.31. The van der Waals surface area contributed by atoms with Gasteiger partial charge in [-0.15, -0.1) is 0 Å². The molecule has 0 fully saturated rings. The van der Waals surface area contributed by atoms with Crippen molar-refractivity contribution >= 4 is 38.6 Å². The first-order valence-corrected chi connectivity index (χ1v) is 12.1. The fourth-order valence-electron chi connectivity index (χ4n) is 3.85. The highest BCUT2D eigenvalue weighted by Gasteiger charge is 2.18. The number of fused-ring (bicyclic) bond motifs is 1. The lowest BCUT2D eigenvalue weighted by Crippen LogP contribution is -2.24. The Bertz CT molecular complexity index is 1350. The molecule has 0 radical (unpaired) electrons. The van der Waals surface area contributed by atoms with Crippen LogP contribution in [0, 0.1) is 0 Å². The number of para-hydroxylation sites is 1. The first-order valence-electron chi connectivity index (χ1n) is 11.3. The minimum atomic E-state index is -0.445. The number of esters is 1. The Balaban J connectivity index is 1.49. The Morgan fingerprint density at radius 2 is 1.89 bits per heavy atom. The van der Waals surface area contributed by atoms with E-state index in [-0.39, 0.29) is 12.5 Å². The molecule has 35 heavy (non-hydrogen) atoms. The van der Waals surface area contributed by atoms with Gasteiger partial charge in [0, 0.05) is 6.54 Å². The molecule has 0 aliphatic heterocycles. The summed E-state index contributed by atoms with van der Waals surface area (Å²) in [5, 5.41) is 9.44. The molecule has 0 spiro atoms. The molecule has 4 aromatic rings. The number of halogens is 1. The Morgan fingerprint density at radius 1 is 1.09 bits per heavy atom. The molecule has 0 bridgehead atoms. The first kappa shape index (κ1) is 24.5. The van der Waals surface area contributed by atoms with Gasteiger partial charge < -0.3 is 14.8 Å². The zero-order chi connectivity index (χ0) is 24.8.